The number of rotatable bonds is 5. The van der Waals surface area contributed by atoms with Crippen LogP contribution in [-0.4, -0.2) is 21.0 Å². The molecular formula is C31H29N3OS. The molecule has 0 bridgehead atoms. The molecule has 2 aromatic heterocycles. The molecule has 0 N–H and O–H groups in total. The number of aryl methyl sites for hydroxylation is 2. The van der Waals surface area contributed by atoms with Crippen LogP contribution >= 0.6 is 11.3 Å². The third kappa shape index (κ3) is 4.08. The largest absolute Gasteiger partial charge is 0.293 e. The minimum absolute atomic E-state index is 0.0768. The smallest absolute Gasteiger partial charge is 0.259 e. The molecule has 0 radical (unpaired) electrons. The molecule has 5 aromatic rings. The van der Waals surface area contributed by atoms with E-state index in [0.717, 1.165) is 47.7 Å². The summed E-state index contributed by atoms with van der Waals surface area (Å²) in [5.41, 5.74) is 5.40. The van der Waals surface area contributed by atoms with E-state index in [1.54, 1.807) is 0 Å². The van der Waals surface area contributed by atoms with Crippen molar-refractivity contribution in [2.75, 3.05) is 6.54 Å². The molecule has 1 aliphatic rings. The second-order valence-corrected chi connectivity index (χ2v) is 10.7. The fourth-order valence-corrected chi connectivity index (χ4v) is 6.70. The van der Waals surface area contributed by atoms with Gasteiger partial charge in [0.15, 0.2) is 0 Å². The zero-order valence-electron chi connectivity index (χ0n) is 20.6. The van der Waals surface area contributed by atoms with Crippen LogP contribution in [0, 0.1) is 13.8 Å². The van der Waals surface area contributed by atoms with Gasteiger partial charge in [0.05, 0.1) is 17.3 Å². The maximum Gasteiger partial charge on any atom is 0.259 e. The normalized spacial score (nSPS) is 13.9. The van der Waals surface area contributed by atoms with Gasteiger partial charge in [0.2, 0.25) is 0 Å². The van der Waals surface area contributed by atoms with Crippen LogP contribution in [0.15, 0.2) is 89.7 Å². The fraction of sp³-hybridized carbons (Fsp3) is 0.226. The first-order chi connectivity index (χ1) is 17.6. The molecule has 0 unspecified atom stereocenters. The molecule has 4 nitrogen and oxygen atoms in total. The highest BCUT2D eigenvalue weighted by molar-refractivity contribution is 7.19. The van der Waals surface area contributed by atoms with E-state index >= 15 is 0 Å². The lowest BCUT2D eigenvalue weighted by Gasteiger charge is -2.30. The molecule has 1 aliphatic heterocycles. The van der Waals surface area contributed by atoms with Crippen LogP contribution in [0.2, 0.25) is 0 Å². The molecule has 0 aliphatic carbocycles. The second kappa shape index (κ2) is 9.49. The molecule has 0 amide bonds. The molecular weight excluding hydrogens is 462 g/mol. The minimum Gasteiger partial charge on any atom is -0.293 e. The monoisotopic (exact) mass is 491 g/mol. The molecule has 0 spiro atoms. The summed E-state index contributed by atoms with van der Waals surface area (Å²) in [6.07, 6.45) is 0.803. The van der Waals surface area contributed by atoms with Crippen molar-refractivity contribution in [2.45, 2.75) is 39.4 Å². The first-order valence-electron chi connectivity index (χ1n) is 12.5. The van der Waals surface area contributed by atoms with Gasteiger partial charge in [-0.05, 0) is 42.0 Å². The molecule has 36 heavy (non-hydrogen) atoms. The molecule has 6 rings (SSSR count). The van der Waals surface area contributed by atoms with Crippen molar-refractivity contribution >= 4 is 21.4 Å². The third-order valence-corrected chi connectivity index (χ3v) is 8.57. The Hall–Kier alpha value is -3.54. The summed E-state index contributed by atoms with van der Waals surface area (Å²) >= 11 is 1.87. The van der Waals surface area contributed by atoms with E-state index < -0.39 is 0 Å². The van der Waals surface area contributed by atoms with E-state index in [2.05, 4.69) is 60.4 Å². The lowest BCUT2D eigenvalue weighted by atomic mass is 9.97. The van der Waals surface area contributed by atoms with Crippen LogP contribution in [0.4, 0.5) is 0 Å². The van der Waals surface area contributed by atoms with Crippen molar-refractivity contribution in [1.82, 2.24) is 14.5 Å². The molecule has 180 valence electrons. The maximum absolute atomic E-state index is 14.1. The first-order valence-corrected chi connectivity index (χ1v) is 13.3. The summed E-state index contributed by atoms with van der Waals surface area (Å²) in [4.78, 5) is 22.9. The number of benzene rings is 3. The van der Waals surface area contributed by atoms with Crippen molar-refractivity contribution in [2.24, 2.45) is 0 Å². The van der Waals surface area contributed by atoms with E-state index in [0.29, 0.717) is 6.54 Å². The van der Waals surface area contributed by atoms with Crippen molar-refractivity contribution < 1.29 is 0 Å². The Morgan fingerprint density at radius 3 is 2.19 bits per heavy atom. The fourth-order valence-electron chi connectivity index (χ4n) is 5.44. The first kappa shape index (κ1) is 22.9. The van der Waals surface area contributed by atoms with Gasteiger partial charge in [-0.15, -0.1) is 11.3 Å². The molecule has 3 aromatic carbocycles. The van der Waals surface area contributed by atoms with E-state index in [1.165, 1.54) is 20.5 Å². The lowest BCUT2D eigenvalue weighted by molar-refractivity contribution is 0.242. The SMILES string of the molecule is Cc1c(CN2CCc3nc(C)n(C(c4ccccc4)c4ccccc4)c(=O)c3C2)sc2ccccc12. The third-order valence-electron chi connectivity index (χ3n) is 7.32. The Bertz CT molecular complexity index is 1550. The number of hydrogen-bond donors (Lipinski definition) is 0. The Morgan fingerprint density at radius 2 is 1.53 bits per heavy atom. The Balaban J connectivity index is 1.39. The molecule has 0 fully saturated rings. The van der Waals surface area contributed by atoms with Gasteiger partial charge in [-0.25, -0.2) is 4.98 Å². The molecule has 3 heterocycles. The standard InChI is InChI=1S/C31H29N3OS/c1-21-25-15-9-10-16-28(25)36-29(21)20-33-18-17-27-26(19-33)31(35)34(22(2)32-27)30(23-11-5-3-6-12-23)24-13-7-4-8-14-24/h3-16,30H,17-20H2,1-2H3. The van der Waals surface area contributed by atoms with Gasteiger partial charge in [-0.2, -0.15) is 0 Å². The number of thiophene rings is 1. The number of aromatic nitrogens is 2. The zero-order chi connectivity index (χ0) is 24.6. The number of hydrogen-bond acceptors (Lipinski definition) is 4. The molecule has 0 saturated heterocycles. The van der Waals surface area contributed by atoms with Crippen LogP contribution in [0.5, 0.6) is 0 Å². The van der Waals surface area contributed by atoms with Crippen molar-refractivity contribution in [3.63, 3.8) is 0 Å². The number of fused-ring (bicyclic) bond motifs is 2. The summed E-state index contributed by atoms with van der Waals surface area (Å²) < 4.78 is 3.23. The van der Waals surface area contributed by atoms with Crippen LogP contribution in [0.1, 0.15) is 44.7 Å². The van der Waals surface area contributed by atoms with E-state index in [1.807, 2.05) is 59.2 Å². The van der Waals surface area contributed by atoms with Gasteiger partial charge in [0, 0.05) is 35.6 Å². The van der Waals surface area contributed by atoms with Gasteiger partial charge in [-0.3, -0.25) is 14.3 Å². The Labute approximate surface area is 215 Å². The number of nitrogens with zero attached hydrogens (tertiary/aromatic N) is 3. The quantitative estimate of drug-likeness (QED) is 0.291. The summed E-state index contributed by atoms with van der Waals surface area (Å²) in [6.45, 7) is 6.59. The predicted octanol–water partition coefficient (Wildman–Crippen LogP) is 6.27. The zero-order valence-corrected chi connectivity index (χ0v) is 21.5. The van der Waals surface area contributed by atoms with E-state index in [9.17, 15) is 4.79 Å². The maximum atomic E-state index is 14.1. The van der Waals surface area contributed by atoms with Gasteiger partial charge >= 0.3 is 0 Å². The Kier molecular flexibility index (Phi) is 6.04. The van der Waals surface area contributed by atoms with Gasteiger partial charge in [0.25, 0.3) is 5.56 Å². The Morgan fingerprint density at radius 1 is 0.889 bits per heavy atom. The highest BCUT2D eigenvalue weighted by atomic mass is 32.1. The van der Waals surface area contributed by atoms with Crippen LogP contribution < -0.4 is 5.56 Å². The van der Waals surface area contributed by atoms with Crippen molar-refractivity contribution in [3.05, 3.63) is 134 Å². The summed E-state index contributed by atoms with van der Waals surface area (Å²) in [6, 6.07) is 28.9. The molecule has 0 saturated carbocycles. The topological polar surface area (TPSA) is 38.1 Å². The molecule has 0 atom stereocenters. The average Bonchev–Trinajstić information content (AvgIpc) is 3.23. The summed E-state index contributed by atoms with van der Waals surface area (Å²) in [7, 11) is 0. The van der Waals surface area contributed by atoms with Gasteiger partial charge in [-0.1, -0.05) is 78.9 Å². The highest BCUT2D eigenvalue weighted by Crippen LogP contribution is 2.33. The van der Waals surface area contributed by atoms with Crippen LogP contribution in [-0.2, 0) is 19.5 Å². The highest BCUT2D eigenvalue weighted by Gasteiger charge is 2.27. The molecule has 5 heteroatoms. The average molecular weight is 492 g/mol. The van der Waals surface area contributed by atoms with Crippen LogP contribution in [0.25, 0.3) is 10.1 Å². The predicted molar refractivity (Wildman–Crippen MR) is 148 cm³/mol. The second-order valence-electron chi connectivity index (χ2n) is 9.59. The summed E-state index contributed by atoms with van der Waals surface area (Å²) in [5.74, 6) is 0.769. The van der Waals surface area contributed by atoms with Crippen LogP contribution in [0.3, 0.4) is 0 Å². The lowest BCUT2D eigenvalue weighted by Crippen LogP contribution is -2.40. The van der Waals surface area contributed by atoms with Crippen molar-refractivity contribution in [3.8, 4) is 0 Å². The van der Waals surface area contributed by atoms with Gasteiger partial charge in [0.1, 0.15) is 5.82 Å². The van der Waals surface area contributed by atoms with E-state index in [-0.39, 0.29) is 11.6 Å². The van der Waals surface area contributed by atoms with Crippen molar-refractivity contribution in [1.29, 1.82) is 0 Å². The van der Waals surface area contributed by atoms with Gasteiger partial charge < -0.3 is 0 Å². The minimum atomic E-state index is -0.210. The summed E-state index contributed by atoms with van der Waals surface area (Å²) in [5, 5.41) is 1.34. The van der Waals surface area contributed by atoms with E-state index in [4.69, 9.17) is 4.98 Å².